The van der Waals surface area contributed by atoms with Gasteiger partial charge in [0.1, 0.15) is 0 Å². The number of hydrogen-bond acceptors (Lipinski definition) is 3. The minimum absolute atomic E-state index is 0.120. The fraction of sp³-hybridized carbons (Fsp3) is 0.257. The number of fused-ring (bicyclic) bond motifs is 5. The molecular formula is C70H75NS2. The molecule has 1 nitrogen and oxygen atoms in total. The van der Waals surface area contributed by atoms with E-state index in [0.29, 0.717) is 0 Å². The minimum atomic E-state index is 0.120. The van der Waals surface area contributed by atoms with Crippen molar-refractivity contribution in [1.29, 1.82) is 0 Å². The topological polar surface area (TPSA) is 3.24 Å². The first-order valence-electron chi connectivity index (χ1n) is 26.4. The summed E-state index contributed by atoms with van der Waals surface area (Å²) in [5, 5.41) is 0. The van der Waals surface area contributed by atoms with E-state index in [0.717, 1.165) is 42.4 Å². The molecule has 0 saturated heterocycles. The van der Waals surface area contributed by atoms with E-state index in [1.54, 1.807) is 10.5 Å². The van der Waals surface area contributed by atoms with E-state index in [9.17, 15) is 0 Å². The Labute approximate surface area is 448 Å². The number of anilines is 1. The minimum Gasteiger partial charge on any atom is -0.334 e. The van der Waals surface area contributed by atoms with Gasteiger partial charge >= 0.3 is 0 Å². The van der Waals surface area contributed by atoms with E-state index in [1.807, 2.05) is 41.3 Å². The van der Waals surface area contributed by atoms with Crippen LogP contribution in [0.3, 0.4) is 0 Å². The highest BCUT2D eigenvalue weighted by molar-refractivity contribution is 8.03. The molecule has 0 N–H and O–H groups in total. The summed E-state index contributed by atoms with van der Waals surface area (Å²) in [6, 6.07) is 32.6. The molecule has 0 fully saturated rings. The van der Waals surface area contributed by atoms with Gasteiger partial charge in [-0.05, 0) is 171 Å². The third kappa shape index (κ3) is 14.4. The third-order valence-corrected chi connectivity index (χ3v) is 15.8. The fourth-order valence-corrected chi connectivity index (χ4v) is 11.7. The highest BCUT2D eigenvalue weighted by Crippen LogP contribution is 2.49. The van der Waals surface area contributed by atoms with Crippen LogP contribution in [0.5, 0.6) is 0 Å². The number of nitrogens with zero attached hydrogens (tertiary/aromatic N) is 1. The molecular weight excluding hydrogens is 919 g/mol. The molecule has 0 saturated carbocycles. The average Bonchev–Trinajstić information content (AvgIpc) is 4.17. The van der Waals surface area contributed by atoms with Gasteiger partial charge in [-0.25, -0.2) is 0 Å². The Morgan fingerprint density at radius 2 is 1.64 bits per heavy atom. The zero-order chi connectivity index (χ0) is 51.7. The molecule has 2 aliphatic carbocycles. The van der Waals surface area contributed by atoms with Gasteiger partial charge in [0.2, 0.25) is 0 Å². The first-order chi connectivity index (χ1) is 35.5. The molecule has 4 aliphatic rings. The van der Waals surface area contributed by atoms with Crippen molar-refractivity contribution < 1.29 is 0 Å². The molecule has 2 aliphatic heterocycles. The third-order valence-electron chi connectivity index (χ3n) is 13.5. The van der Waals surface area contributed by atoms with E-state index in [2.05, 4.69) is 243 Å². The lowest BCUT2D eigenvalue weighted by atomic mass is 9.93. The molecule has 5 aromatic rings. The smallest absolute Gasteiger partial charge is 0.0788 e. The van der Waals surface area contributed by atoms with Crippen LogP contribution in [0.15, 0.2) is 197 Å². The van der Waals surface area contributed by atoms with Crippen LogP contribution >= 0.6 is 23.1 Å². The lowest BCUT2D eigenvalue weighted by molar-refractivity contribution is 0.821. The van der Waals surface area contributed by atoms with E-state index < -0.39 is 0 Å². The predicted molar refractivity (Wildman–Crippen MR) is 326 cm³/mol. The monoisotopic (exact) mass is 994 g/mol. The van der Waals surface area contributed by atoms with Crippen LogP contribution in [0.1, 0.15) is 140 Å². The average molecular weight is 995 g/mol. The van der Waals surface area contributed by atoms with Gasteiger partial charge in [0.05, 0.1) is 6.04 Å². The van der Waals surface area contributed by atoms with Gasteiger partial charge in [-0.2, -0.15) is 0 Å². The van der Waals surface area contributed by atoms with Crippen LogP contribution in [0.25, 0.3) is 28.9 Å². The SMILES string of the molecule is C/C=C\c1c(C)sc2c1C=C(CCC)CC2.C=C(/C=C\C=C/CC)c1ccc2c(c1)C1=CC(c3ccc(C)c(C#CC/C=C(C)\C=C/CC)c3)=CC1N2/C(C)=C/C=C1\Cc2ccccc2S1.Cc1ccccc1. The maximum atomic E-state index is 4.40. The van der Waals surface area contributed by atoms with Crippen molar-refractivity contribution >= 4 is 57.7 Å². The Hall–Kier alpha value is -6.57. The highest BCUT2D eigenvalue weighted by atomic mass is 32.2. The maximum absolute atomic E-state index is 4.40. The van der Waals surface area contributed by atoms with Crippen LogP contribution < -0.4 is 4.90 Å². The molecule has 9 rings (SSSR count). The second-order valence-corrected chi connectivity index (χ2v) is 21.7. The molecule has 3 heterocycles. The Kier molecular flexibility index (Phi) is 20.0. The van der Waals surface area contributed by atoms with Gasteiger partial charge in [-0.1, -0.05) is 208 Å². The fourth-order valence-electron chi connectivity index (χ4n) is 9.53. The van der Waals surface area contributed by atoms with Gasteiger partial charge in [-0.3, -0.25) is 0 Å². The summed E-state index contributed by atoms with van der Waals surface area (Å²) < 4.78 is 0. The largest absolute Gasteiger partial charge is 0.334 e. The normalized spacial score (nSPS) is 16.3. The van der Waals surface area contributed by atoms with Crippen LogP contribution in [-0.4, -0.2) is 6.04 Å². The lowest BCUT2D eigenvalue weighted by Gasteiger charge is -2.26. The number of allylic oxidation sites excluding steroid dienone is 17. The summed E-state index contributed by atoms with van der Waals surface area (Å²) in [6.45, 7) is 23.9. The molecule has 4 aromatic carbocycles. The standard InChI is InChI=1S/C48H47NS.C15H20S.C7H8/c1-7-9-11-12-19-35(4)39-26-28-46-44(31-39)45-32-42(40-25-23-36(5)38(29-40)20-14-13-18-34(3)17-10-8-2)33-47(45)49(46)37(6)24-27-43-30-41-21-15-16-22-48(41)50-43;1-4-6-12-8-9-15-14(10-12)13(7-5-2)11(3)16-15;1-7-5-3-2-4-6-7/h9-12,15-19,21-29,31-33,47H,4,7-8,13,30H2,1-3,5-6H3;5,7,10H,4,6,8-9H2,1-3H3;2-6H,1H3/b11-9-,17-10-,19-12-,34-18-,37-24+,43-27+;7-5-;. The Balaban J connectivity index is 0.000000276. The first-order valence-corrected chi connectivity index (χ1v) is 28.1. The van der Waals surface area contributed by atoms with Crippen LogP contribution in [0.4, 0.5) is 5.69 Å². The van der Waals surface area contributed by atoms with E-state index in [-0.39, 0.29) is 6.04 Å². The van der Waals surface area contributed by atoms with Gasteiger partial charge < -0.3 is 4.90 Å². The van der Waals surface area contributed by atoms with Gasteiger partial charge in [0.15, 0.2) is 0 Å². The second-order valence-electron chi connectivity index (χ2n) is 19.2. The van der Waals surface area contributed by atoms with Crippen molar-refractivity contribution in [1.82, 2.24) is 0 Å². The Morgan fingerprint density at radius 3 is 2.38 bits per heavy atom. The molecule has 1 aromatic heterocycles. The van der Waals surface area contributed by atoms with Crippen molar-refractivity contribution in [2.45, 2.75) is 125 Å². The van der Waals surface area contributed by atoms with E-state index in [4.69, 9.17) is 0 Å². The van der Waals surface area contributed by atoms with Crippen LogP contribution in [0.2, 0.25) is 0 Å². The zero-order valence-corrected chi connectivity index (χ0v) is 46.6. The van der Waals surface area contributed by atoms with Gasteiger partial charge in [-0.15, -0.1) is 11.3 Å². The molecule has 0 amide bonds. The Bertz CT molecular complexity index is 3120. The summed E-state index contributed by atoms with van der Waals surface area (Å²) in [6.07, 6.45) is 40.2. The number of rotatable bonds is 13. The molecule has 1 atom stereocenters. The first kappa shape index (κ1) is 54.2. The molecule has 0 radical (unpaired) electrons. The maximum Gasteiger partial charge on any atom is 0.0788 e. The lowest BCUT2D eigenvalue weighted by Crippen LogP contribution is -2.27. The van der Waals surface area contributed by atoms with E-state index >= 15 is 0 Å². The number of thioether (sulfide) groups is 1. The van der Waals surface area contributed by atoms with E-state index in [1.165, 1.54) is 107 Å². The summed E-state index contributed by atoms with van der Waals surface area (Å²) in [7, 11) is 0. The van der Waals surface area contributed by atoms with Crippen molar-refractivity contribution in [2.75, 3.05) is 4.90 Å². The highest BCUT2D eigenvalue weighted by Gasteiger charge is 2.37. The molecule has 73 heavy (non-hydrogen) atoms. The summed E-state index contributed by atoms with van der Waals surface area (Å²) in [4.78, 5) is 8.31. The quantitative estimate of drug-likeness (QED) is 0.0854. The van der Waals surface area contributed by atoms with Gasteiger partial charge in [0.25, 0.3) is 0 Å². The molecule has 0 spiro atoms. The van der Waals surface area contributed by atoms with Crippen LogP contribution in [-0.2, 0) is 12.8 Å². The number of aryl methyl sites for hydroxylation is 4. The number of hydrogen-bond donors (Lipinski definition) is 0. The van der Waals surface area contributed by atoms with Crippen LogP contribution in [0, 0.1) is 32.6 Å². The molecule has 3 heteroatoms. The number of thiophene rings is 1. The molecule has 372 valence electrons. The predicted octanol–water partition coefficient (Wildman–Crippen LogP) is 20.2. The van der Waals surface area contributed by atoms with Gasteiger partial charge in [0, 0.05) is 50.0 Å². The Morgan fingerprint density at radius 1 is 0.849 bits per heavy atom. The number of benzene rings is 4. The van der Waals surface area contributed by atoms with Crippen molar-refractivity contribution in [3.63, 3.8) is 0 Å². The summed E-state index contributed by atoms with van der Waals surface area (Å²) in [5.74, 6) is 6.85. The summed E-state index contributed by atoms with van der Waals surface area (Å²) in [5.41, 5.74) is 20.6. The van der Waals surface area contributed by atoms with Crippen molar-refractivity contribution in [3.8, 4) is 11.8 Å². The van der Waals surface area contributed by atoms with Crippen molar-refractivity contribution in [3.05, 3.63) is 252 Å². The zero-order valence-electron chi connectivity index (χ0n) is 44.9. The molecule has 0 bridgehead atoms. The molecule has 1 unspecified atom stereocenters. The van der Waals surface area contributed by atoms with Crippen molar-refractivity contribution in [2.24, 2.45) is 0 Å². The summed E-state index contributed by atoms with van der Waals surface area (Å²) >= 11 is 3.87. The second kappa shape index (κ2) is 26.9.